The maximum atomic E-state index is 14.1. The van der Waals surface area contributed by atoms with E-state index >= 15 is 0 Å². The van der Waals surface area contributed by atoms with Gasteiger partial charge in [-0.25, -0.2) is 17.8 Å². The SMILES string of the molecule is Cc1ccnc(NC(=O)c2cc(S(=O)(=O)N(C)C(C)C)ccc2F)c1. The fraction of sp³-hybridized carbons (Fsp3) is 0.294. The molecule has 6 nitrogen and oxygen atoms in total. The molecular formula is C17H20FN3O3S. The van der Waals surface area contributed by atoms with Gasteiger partial charge in [0.15, 0.2) is 0 Å². The summed E-state index contributed by atoms with van der Waals surface area (Å²) < 4.78 is 40.3. The number of rotatable bonds is 5. The molecule has 1 N–H and O–H groups in total. The van der Waals surface area contributed by atoms with Crippen molar-refractivity contribution in [1.29, 1.82) is 0 Å². The second-order valence-corrected chi connectivity index (χ2v) is 7.93. The number of pyridine rings is 1. The summed E-state index contributed by atoms with van der Waals surface area (Å²) in [5, 5.41) is 2.47. The second kappa shape index (κ2) is 7.28. The number of carbonyl (C=O) groups is 1. The first-order valence-corrected chi connectivity index (χ1v) is 9.08. The van der Waals surface area contributed by atoms with Crippen LogP contribution in [-0.2, 0) is 10.0 Å². The predicted molar refractivity (Wildman–Crippen MR) is 93.4 cm³/mol. The van der Waals surface area contributed by atoms with Crippen molar-refractivity contribution in [3.63, 3.8) is 0 Å². The standard InChI is InChI=1S/C17H20FN3O3S/c1-11(2)21(4)25(23,24)13-5-6-15(18)14(10-13)17(22)20-16-9-12(3)7-8-19-16/h5-11H,1-4H3,(H,19,20,22). The Kier molecular flexibility index (Phi) is 5.54. The lowest BCUT2D eigenvalue weighted by Gasteiger charge is -2.21. The van der Waals surface area contributed by atoms with Gasteiger partial charge in [-0.3, -0.25) is 4.79 Å². The van der Waals surface area contributed by atoms with Gasteiger partial charge in [-0.2, -0.15) is 4.31 Å². The molecule has 0 spiro atoms. The minimum atomic E-state index is -3.82. The van der Waals surface area contributed by atoms with Crippen molar-refractivity contribution in [3.8, 4) is 0 Å². The third-order valence-corrected chi connectivity index (χ3v) is 5.77. The molecule has 0 aliphatic rings. The van der Waals surface area contributed by atoms with E-state index in [4.69, 9.17) is 0 Å². The highest BCUT2D eigenvalue weighted by Crippen LogP contribution is 2.20. The van der Waals surface area contributed by atoms with Crippen molar-refractivity contribution in [1.82, 2.24) is 9.29 Å². The van der Waals surface area contributed by atoms with E-state index in [2.05, 4.69) is 10.3 Å². The summed E-state index contributed by atoms with van der Waals surface area (Å²) in [4.78, 5) is 16.2. The van der Waals surface area contributed by atoms with E-state index < -0.39 is 21.7 Å². The van der Waals surface area contributed by atoms with Crippen LogP contribution >= 0.6 is 0 Å². The number of amides is 1. The van der Waals surface area contributed by atoms with E-state index in [9.17, 15) is 17.6 Å². The molecule has 134 valence electrons. The first-order valence-electron chi connectivity index (χ1n) is 7.64. The van der Waals surface area contributed by atoms with E-state index in [1.807, 2.05) is 6.92 Å². The number of nitrogens with one attached hydrogen (secondary N) is 1. The summed E-state index contributed by atoms with van der Waals surface area (Å²) in [6, 6.07) is 6.26. The topological polar surface area (TPSA) is 79.4 Å². The number of hydrogen-bond donors (Lipinski definition) is 1. The molecule has 8 heteroatoms. The van der Waals surface area contributed by atoms with Gasteiger partial charge in [-0.05, 0) is 56.7 Å². The van der Waals surface area contributed by atoms with Crippen molar-refractivity contribution < 1.29 is 17.6 Å². The summed E-state index contributed by atoms with van der Waals surface area (Å²) in [7, 11) is -2.39. The van der Waals surface area contributed by atoms with Crippen LogP contribution in [0.1, 0.15) is 29.8 Å². The number of benzene rings is 1. The Balaban J connectivity index is 2.37. The zero-order valence-corrected chi connectivity index (χ0v) is 15.3. The largest absolute Gasteiger partial charge is 0.306 e. The van der Waals surface area contributed by atoms with Crippen LogP contribution in [0, 0.1) is 12.7 Å². The predicted octanol–water partition coefficient (Wildman–Crippen LogP) is 2.81. The smallest absolute Gasteiger partial charge is 0.259 e. The molecule has 1 aromatic carbocycles. The highest BCUT2D eigenvalue weighted by molar-refractivity contribution is 7.89. The maximum Gasteiger partial charge on any atom is 0.259 e. The van der Waals surface area contributed by atoms with Crippen molar-refractivity contribution in [3.05, 3.63) is 53.5 Å². The summed E-state index contributed by atoms with van der Waals surface area (Å²) in [5.74, 6) is -1.31. The van der Waals surface area contributed by atoms with Gasteiger partial charge in [0.25, 0.3) is 5.91 Å². The highest BCUT2D eigenvalue weighted by atomic mass is 32.2. The fourth-order valence-corrected chi connectivity index (χ4v) is 3.47. The molecule has 2 rings (SSSR count). The Hall–Kier alpha value is -2.32. The molecule has 0 aliphatic carbocycles. The minimum absolute atomic E-state index is 0.146. The zero-order valence-electron chi connectivity index (χ0n) is 14.4. The quantitative estimate of drug-likeness (QED) is 0.884. The van der Waals surface area contributed by atoms with Crippen LogP contribution in [0.5, 0.6) is 0 Å². The molecule has 0 saturated carbocycles. The molecule has 1 aromatic heterocycles. The van der Waals surface area contributed by atoms with Gasteiger partial charge in [0, 0.05) is 19.3 Å². The van der Waals surface area contributed by atoms with Crippen LogP contribution in [0.15, 0.2) is 41.4 Å². The van der Waals surface area contributed by atoms with Gasteiger partial charge in [0.2, 0.25) is 10.0 Å². The molecule has 0 bridgehead atoms. The molecule has 0 aliphatic heterocycles. The van der Waals surface area contributed by atoms with E-state index in [0.717, 1.165) is 28.1 Å². The van der Waals surface area contributed by atoms with E-state index in [0.29, 0.717) is 0 Å². The number of hydrogen-bond acceptors (Lipinski definition) is 4. The summed E-state index contributed by atoms with van der Waals surface area (Å²) in [6.07, 6.45) is 1.51. The lowest BCUT2D eigenvalue weighted by molar-refractivity contribution is 0.102. The monoisotopic (exact) mass is 365 g/mol. The zero-order chi connectivity index (χ0) is 18.8. The maximum absolute atomic E-state index is 14.1. The van der Waals surface area contributed by atoms with Crippen LogP contribution in [0.2, 0.25) is 0 Å². The third-order valence-electron chi connectivity index (χ3n) is 3.74. The fourth-order valence-electron chi connectivity index (χ4n) is 2.07. The van der Waals surface area contributed by atoms with E-state index in [1.54, 1.807) is 26.0 Å². The molecule has 0 unspecified atom stereocenters. The van der Waals surface area contributed by atoms with Crippen LogP contribution in [0.4, 0.5) is 10.2 Å². The Morgan fingerprint density at radius 1 is 1.24 bits per heavy atom. The minimum Gasteiger partial charge on any atom is -0.306 e. The lowest BCUT2D eigenvalue weighted by atomic mass is 10.2. The average Bonchev–Trinajstić information content (AvgIpc) is 2.54. The van der Waals surface area contributed by atoms with Gasteiger partial charge in [-0.1, -0.05) is 0 Å². The van der Waals surface area contributed by atoms with Crippen LogP contribution < -0.4 is 5.32 Å². The summed E-state index contributed by atoms with van der Waals surface area (Å²) in [6.45, 7) is 5.27. The molecule has 0 atom stereocenters. The van der Waals surface area contributed by atoms with Crippen molar-refractivity contribution in [2.24, 2.45) is 0 Å². The van der Waals surface area contributed by atoms with Gasteiger partial charge >= 0.3 is 0 Å². The number of aryl methyl sites for hydroxylation is 1. The highest BCUT2D eigenvalue weighted by Gasteiger charge is 2.25. The van der Waals surface area contributed by atoms with Crippen LogP contribution in [-0.4, -0.2) is 36.7 Å². The van der Waals surface area contributed by atoms with E-state index in [1.165, 1.54) is 13.2 Å². The number of anilines is 1. The van der Waals surface area contributed by atoms with E-state index in [-0.39, 0.29) is 22.3 Å². The van der Waals surface area contributed by atoms with Gasteiger partial charge in [0.1, 0.15) is 11.6 Å². The number of nitrogens with zero attached hydrogens (tertiary/aromatic N) is 2. The molecule has 0 radical (unpaired) electrons. The third kappa shape index (κ3) is 4.21. The molecule has 0 fully saturated rings. The van der Waals surface area contributed by atoms with Gasteiger partial charge < -0.3 is 5.32 Å². The summed E-state index contributed by atoms with van der Waals surface area (Å²) in [5.41, 5.74) is 0.516. The number of aromatic nitrogens is 1. The number of carbonyl (C=O) groups excluding carboxylic acids is 1. The van der Waals surface area contributed by atoms with Crippen molar-refractivity contribution >= 4 is 21.7 Å². The van der Waals surface area contributed by atoms with Crippen molar-refractivity contribution in [2.45, 2.75) is 31.7 Å². The summed E-state index contributed by atoms with van der Waals surface area (Å²) >= 11 is 0. The lowest BCUT2D eigenvalue weighted by Crippen LogP contribution is -2.33. The number of sulfonamides is 1. The normalized spacial score (nSPS) is 11.8. The molecule has 1 amide bonds. The molecule has 1 heterocycles. The first-order chi connectivity index (χ1) is 11.6. The first kappa shape index (κ1) is 19.0. The molecule has 2 aromatic rings. The average molecular weight is 365 g/mol. The molecule has 25 heavy (non-hydrogen) atoms. The molecule has 0 saturated heterocycles. The second-order valence-electron chi connectivity index (χ2n) is 5.93. The molecular weight excluding hydrogens is 345 g/mol. The number of halogens is 1. The Labute approximate surface area is 146 Å². The Morgan fingerprint density at radius 3 is 2.52 bits per heavy atom. The van der Waals surface area contributed by atoms with Crippen LogP contribution in [0.25, 0.3) is 0 Å². The Bertz CT molecular complexity index is 898. The van der Waals surface area contributed by atoms with Gasteiger partial charge in [-0.15, -0.1) is 0 Å². The van der Waals surface area contributed by atoms with Gasteiger partial charge in [0.05, 0.1) is 10.5 Å². The van der Waals surface area contributed by atoms with Crippen molar-refractivity contribution in [2.75, 3.05) is 12.4 Å². The van der Waals surface area contributed by atoms with Crippen LogP contribution in [0.3, 0.4) is 0 Å². The Morgan fingerprint density at radius 2 is 1.92 bits per heavy atom.